The van der Waals surface area contributed by atoms with Gasteiger partial charge < -0.3 is 0 Å². The van der Waals surface area contributed by atoms with Gasteiger partial charge in [0.05, 0.1) is 5.56 Å². The molecule has 0 fully saturated rings. The number of pyridine rings is 1. The fraction of sp³-hybridized carbons (Fsp3) is 0.222. The van der Waals surface area contributed by atoms with Crippen LogP contribution < -0.4 is 0 Å². The van der Waals surface area contributed by atoms with Crippen LogP contribution in [0.4, 0.5) is 22.0 Å². The fourth-order valence-electron chi connectivity index (χ4n) is 1.11. The van der Waals surface area contributed by atoms with Gasteiger partial charge in [0.2, 0.25) is 0 Å². The second-order valence-electron chi connectivity index (χ2n) is 2.89. The highest BCUT2D eigenvalue weighted by molar-refractivity contribution is 5.75. The molecule has 0 spiro atoms. The molecule has 90 valence electrons. The molecule has 3 nitrogen and oxygen atoms in total. The van der Waals surface area contributed by atoms with Crippen molar-refractivity contribution < 1.29 is 26.7 Å². The van der Waals surface area contributed by atoms with Crippen LogP contribution in [-0.2, 0) is 6.18 Å². The van der Waals surface area contributed by atoms with Crippen LogP contribution in [0.25, 0.3) is 0 Å². The molecule has 0 N–H and O–H groups in total. The molecule has 0 amide bonds. The Morgan fingerprint density at radius 2 is 2.00 bits per heavy atom. The average molecular weight is 250 g/mol. The predicted molar refractivity (Wildman–Crippen MR) is 44.3 cm³/mol. The first-order valence-electron chi connectivity index (χ1n) is 4.06. The van der Waals surface area contributed by atoms with E-state index in [2.05, 4.69) is 4.98 Å². The van der Waals surface area contributed by atoms with Gasteiger partial charge in [-0.2, -0.15) is 18.4 Å². The summed E-state index contributed by atoms with van der Waals surface area (Å²) in [5.74, 6) is 0. The van der Waals surface area contributed by atoms with E-state index in [-0.39, 0.29) is 6.29 Å². The zero-order chi connectivity index (χ0) is 13.2. The monoisotopic (exact) mass is 250 g/mol. The summed E-state index contributed by atoms with van der Waals surface area (Å²) in [5.41, 5.74) is -4.71. The second kappa shape index (κ2) is 4.45. The number of halogens is 5. The third-order valence-electron chi connectivity index (χ3n) is 1.82. The second-order valence-corrected chi connectivity index (χ2v) is 2.89. The third-order valence-corrected chi connectivity index (χ3v) is 1.82. The van der Waals surface area contributed by atoms with Crippen molar-refractivity contribution in [1.29, 1.82) is 5.26 Å². The Hall–Kier alpha value is -2.04. The van der Waals surface area contributed by atoms with Gasteiger partial charge in [-0.15, -0.1) is 0 Å². The lowest BCUT2D eigenvalue weighted by molar-refractivity contribution is -0.141. The highest BCUT2D eigenvalue weighted by atomic mass is 19.4. The predicted octanol–water partition coefficient (Wildman–Crippen LogP) is 2.72. The molecule has 0 atom stereocenters. The Balaban J connectivity index is 3.56. The summed E-state index contributed by atoms with van der Waals surface area (Å²) in [7, 11) is 0. The lowest BCUT2D eigenvalue weighted by Gasteiger charge is -2.10. The SMILES string of the molecule is N#Cc1cc(C(F)F)c(C=O)nc1C(F)(F)F. The zero-order valence-electron chi connectivity index (χ0n) is 7.92. The average Bonchev–Trinajstić information content (AvgIpc) is 2.25. The van der Waals surface area contributed by atoms with Gasteiger partial charge in [-0.1, -0.05) is 0 Å². The molecule has 0 aliphatic carbocycles. The van der Waals surface area contributed by atoms with Crippen LogP contribution >= 0.6 is 0 Å². The summed E-state index contributed by atoms with van der Waals surface area (Å²) in [6.07, 6.45) is -8.38. The van der Waals surface area contributed by atoms with E-state index in [9.17, 15) is 26.7 Å². The molecular formula is C9H3F5N2O. The number of rotatable bonds is 2. The van der Waals surface area contributed by atoms with E-state index in [1.165, 1.54) is 0 Å². The van der Waals surface area contributed by atoms with Crippen molar-refractivity contribution in [2.75, 3.05) is 0 Å². The lowest BCUT2D eigenvalue weighted by Crippen LogP contribution is -2.14. The number of carbonyl (C=O) groups excluding carboxylic acids is 1. The lowest BCUT2D eigenvalue weighted by atomic mass is 10.1. The van der Waals surface area contributed by atoms with Gasteiger partial charge in [-0.25, -0.2) is 13.8 Å². The smallest absolute Gasteiger partial charge is 0.296 e. The van der Waals surface area contributed by atoms with E-state index in [0.29, 0.717) is 6.07 Å². The maximum atomic E-state index is 12.4. The molecule has 1 aromatic heterocycles. The van der Waals surface area contributed by atoms with Gasteiger partial charge in [-0.05, 0) is 6.07 Å². The summed E-state index contributed by atoms with van der Waals surface area (Å²) in [6, 6.07) is 1.44. The topological polar surface area (TPSA) is 53.8 Å². The number of aromatic nitrogens is 1. The first-order valence-corrected chi connectivity index (χ1v) is 4.06. The van der Waals surface area contributed by atoms with Crippen LogP contribution in [0.2, 0.25) is 0 Å². The number of aldehydes is 1. The molecule has 0 radical (unpaired) electrons. The van der Waals surface area contributed by atoms with Crippen molar-refractivity contribution in [3.05, 3.63) is 28.6 Å². The number of alkyl halides is 5. The highest BCUT2D eigenvalue weighted by Gasteiger charge is 2.37. The molecule has 0 aliphatic heterocycles. The Labute approximate surface area is 91.5 Å². The van der Waals surface area contributed by atoms with Crippen LogP contribution in [0.3, 0.4) is 0 Å². The fourth-order valence-corrected chi connectivity index (χ4v) is 1.11. The van der Waals surface area contributed by atoms with Gasteiger partial charge in [0.25, 0.3) is 6.43 Å². The zero-order valence-corrected chi connectivity index (χ0v) is 7.92. The van der Waals surface area contributed by atoms with Crippen LogP contribution in [0.5, 0.6) is 0 Å². The van der Waals surface area contributed by atoms with E-state index in [0.717, 1.165) is 6.07 Å². The van der Waals surface area contributed by atoms with Crippen molar-refractivity contribution in [3.8, 4) is 6.07 Å². The number of carbonyl (C=O) groups is 1. The van der Waals surface area contributed by atoms with E-state index in [1.807, 2.05) is 0 Å². The van der Waals surface area contributed by atoms with Crippen LogP contribution in [0, 0.1) is 11.3 Å². The molecule has 8 heteroatoms. The van der Waals surface area contributed by atoms with Crippen molar-refractivity contribution in [3.63, 3.8) is 0 Å². The standard InChI is InChI=1S/C9H3F5N2O/c10-8(11)5-1-4(2-15)7(9(12,13)14)16-6(5)3-17/h1,3,8H. The molecule has 17 heavy (non-hydrogen) atoms. The molecular weight excluding hydrogens is 247 g/mol. The summed E-state index contributed by atoms with van der Waals surface area (Å²) in [6.45, 7) is 0. The quantitative estimate of drug-likeness (QED) is 0.599. The van der Waals surface area contributed by atoms with Gasteiger partial charge in [0.1, 0.15) is 11.8 Å². The maximum absolute atomic E-state index is 12.4. The maximum Gasteiger partial charge on any atom is 0.434 e. The minimum Gasteiger partial charge on any atom is -0.296 e. The molecule has 0 unspecified atom stereocenters. The molecule has 0 saturated carbocycles. The Bertz CT molecular complexity index is 489. The molecule has 1 rings (SSSR count). The molecule has 0 saturated heterocycles. The van der Waals surface area contributed by atoms with Gasteiger partial charge in [-0.3, -0.25) is 4.79 Å². The summed E-state index contributed by atoms with van der Waals surface area (Å²) in [4.78, 5) is 13.1. The van der Waals surface area contributed by atoms with Crippen LogP contribution in [0.15, 0.2) is 6.07 Å². The Morgan fingerprint density at radius 1 is 1.41 bits per heavy atom. The molecule has 0 aliphatic rings. The highest BCUT2D eigenvalue weighted by Crippen LogP contribution is 2.33. The van der Waals surface area contributed by atoms with Crippen molar-refractivity contribution >= 4 is 6.29 Å². The van der Waals surface area contributed by atoms with Crippen molar-refractivity contribution in [2.45, 2.75) is 12.6 Å². The van der Waals surface area contributed by atoms with E-state index in [1.54, 1.807) is 0 Å². The summed E-state index contributed by atoms with van der Waals surface area (Å²) < 4.78 is 61.8. The van der Waals surface area contributed by atoms with Crippen LogP contribution in [-0.4, -0.2) is 11.3 Å². The summed E-state index contributed by atoms with van der Waals surface area (Å²) in [5, 5.41) is 8.43. The van der Waals surface area contributed by atoms with Crippen molar-refractivity contribution in [1.82, 2.24) is 4.98 Å². The van der Waals surface area contributed by atoms with Gasteiger partial charge in [0, 0.05) is 5.56 Å². The van der Waals surface area contributed by atoms with Gasteiger partial charge >= 0.3 is 6.18 Å². The third kappa shape index (κ3) is 2.55. The largest absolute Gasteiger partial charge is 0.434 e. The first-order chi connectivity index (χ1) is 7.81. The molecule has 1 aromatic rings. The number of nitrogens with zero attached hydrogens (tertiary/aromatic N) is 2. The van der Waals surface area contributed by atoms with Gasteiger partial charge in [0.15, 0.2) is 12.0 Å². The minimum atomic E-state index is -4.98. The summed E-state index contributed by atoms with van der Waals surface area (Å²) >= 11 is 0. The number of hydrogen-bond acceptors (Lipinski definition) is 3. The Kier molecular flexibility index (Phi) is 3.41. The normalized spacial score (nSPS) is 11.4. The Morgan fingerprint density at radius 3 is 2.35 bits per heavy atom. The first kappa shape index (κ1) is 13.0. The van der Waals surface area contributed by atoms with E-state index >= 15 is 0 Å². The van der Waals surface area contributed by atoms with E-state index in [4.69, 9.17) is 5.26 Å². The number of hydrogen-bond donors (Lipinski definition) is 0. The molecule has 0 bridgehead atoms. The van der Waals surface area contributed by atoms with Crippen molar-refractivity contribution in [2.24, 2.45) is 0 Å². The molecule has 1 heterocycles. The minimum absolute atomic E-state index is 0.210. The molecule has 0 aromatic carbocycles. The van der Waals surface area contributed by atoms with Crippen LogP contribution in [0.1, 0.15) is 33.7 Å². The van der Waals surface area contributed by atoms with E-state index < -0.39 is 35.1 Å². The number of nitriles is 1.